The van der Waals surface area contributed by atoms with Crippen LogP contribution in [-0.2, 0) is 4.79 Å². The summed E-state index contributed by atoms with van der Waals surface area (Å²) in [6.07, 6.45) is 0.300. The normalized spacial score (nSPS) is 9.88. The summed E-state index contributed by atoms with van der Waals surface area (Å²) in [5, 5.41) is 11.1. The molecule has 2 N–H and O–H groups in total. The first kappa shape index (κ1) is 12.5. The van der Waals surface area contributed by atoms with Crippen LogP contribution in [0.4, 0.5) is 0 Å². The molecule has 88 valence electrons. The van der Waals surface area contributed by atoms with Crippen LogP contribution >= 0.6 is 0 Å². The van der Waals surface area contributed by atoms with E-state index in [0.717, 1.165) is 11.3 Å². The molecule has 1 aromatic rings. The largest absolute Gasteiger partial charge is 0.493 e. The molecule has 0 aliphatic heterocycles. The summed E-state index contributed by atoms with van der Waals surface area (Å²) in [5.74, 6) is 0.664. The van der Waals surface area contributed by atoms with E-state index in [1.165, 1.54) is 0 Å². The van der Waals surface area contributed by atoms with Gasteiger partial charge in [-0.2, -0.15) is 0 Å². The first-order chi connectivity index (χ1) is 7.72. The fourth-order valence-corrected chi connectivity index (χ4v) is 1.25. The molecule has 0 unspecified atom stereocenters. The SMILES string of the molecule is Cc1cccc(OCCC(=O)NCCO)c1. The van der Waals surface area contributed by atoms with E-state index < -0.39 is 0 Å². The van der Waals surface area contributed by atoms with Crippen molar-refractivity contribution in [3.8, 4) is 5.75 Å². The van der Waals surface area contributed by atoms with E-state index in [4.69, 9.17) is 9.84 Å². The standard InChI is InChI=1S/C12H17NO3/c1-10-3-2-4-11(9-10)16-8-5-12(15)13-6-7-14/h2-4,9,14H,5-8H2,1H3,(H,13,15). The minimum absolute atomic E-state index is 0.0372. The summed E-state index contributed by atoms with van der Waals surface area (Å²) in [7, 11) is 0. The highest BCUT2D eigenvalue weighted by molar-refractivity contribution is 5.75. The zero-order valence-corrected chi connectivity index (χ0v) is 9.40. The van der Waals surface area contributed by atoms with Crippen molar-refractivity contribution in [2.75, 3.05) is 19.8 Å². The smallest absolute Gasteiger partial charge is 0.223 e. The van der Waals surface area contributed by atoms with E-state index in [-0.39, 0.29) is 12.5 Å². The van der Waals surface area contributed by atoms with Gasteiger partial charge in [-0.25, -0.2) is 0 Å². The third kappa shape index (κ3) is 4.79. The Balaban J connectivity index is 2.22. The van der Waals surface area contributed by atoms with Crippen molar-refractivity contribution in [3.05, 3.63) is 29.8 Å². The quantitative estimate of drug-likeness (QED) is 0.752. The van der Waals surface area contributed by atoms with Crippen molar-refractivity contribution in [3.63, 3.8) is 0 Å². The Kier molecular flexibility index (Phi) is 5.36. The molecule has 4 nitrogen and oxygen atoms in total. The number of rotatable bonds is 6. The number of aliphatic hydroxyl groups excluding tert-OH is 1. The van der Waals surface area contributed by atoms with Crippen molar-refractivity contribution >= 4 is 5.91 Å². The van der Waals surface area contributed by atoms with E-state index in [0.29, 0.717) is 19.6 Å². The lowest BCUT2D eigenvalue weighted by molar-refractivity contribution is -0.121. The summed E-state index contributed by atoms with van der Waals surface area (Å²) in [5.41, 5.74) is 1.13. The van der Waals surface area contributed by atoms with Crippen molar-refractivity contribution < 1.29 is 14.6 Å². The molecule has 0 radical (unpaired) electrons. The van der Waals surface area contributed by atoms with E-state index in [1.54, 1.807) is 0 Å². The average Bonchev–Trinajstić information content (AvgIpc) is 2.26. The third-order valence-electron chi connectivity index (χ3n) is 2.02. The van der Waals surface area contributed by atoms with Crippen LogP contribution in [0.5, 0.6) is 5.75 Å². The number of aryl methyl sites for hydroxylation is 1. The summed E-state index contributed by atoms with van der Waals surface area (Å²) >= 11 is 0. The van der Waals surface area contributed by atoms with Crippen LogP contribution in [0.3, 0.4) is 0 Å². The zero-order chi connectivity index (χ0) is 11.8. The van der Waals surface area contributed by atoms with Crippen molar-refractivity contribution in [2.24, 2.45) is 0 Å². The van der Waals surface area contributed by atoms with E-state index in [2.05, 4.69) is 5.32 Å². The molecule has 0 spiro atoms. The van der Waals surface area contributed by atoms with Gasteiger partial charge >= 0.3 is 0 Å². The molecule has 0 aliphatic carbocycles. The Labute approximate surface area is 95.2 Å². The summed E-state index contributed by atoms with van der Waals surface area (Å²) < 4.78 is 5.41. The first-order valence-corrected chi connectivity index (χ1v) is 5.29. The van der Waals surface area contributed by atoms with Gasteiger partial charge in [0.15, 0.2) is 0 Å². The molecule has 0 saturated carbocycles. The summed E-state index contributed by atoms with van der Waals surface area (Å²) in [6.45, 7) is 2.59. The fraction of sp³-hybridized carbons (Fsp3) is 0.417. The van der Waals surface area contributed by atoms with Crippen molar-refractivity contribution in [1.82, 2.24) is 5.32 Å². The monoisotopic (exact) mass is 223 g/mol. The number of aliphatic hydroxyl groups is 1. The van der Waals surface area contributed by atoms with Gasteiger partial charge in [0.25, 0.3) is 0 Å². The summed E-state index contributed by atoms with van der Waals surface area (Å²) in [6, 6.07) is 7.68. The molecule has 0 heterocycles. The minimum Gasteiger partial charge on any atom is -0.493 e. The molecule has 16 heavy (non-hydrogen) atoms. The van der Waals surface area contributed by atoms with E-state index >= 15 is 0 Å². The topological polar surface area (TPSA) is 58.6 Å². The number of hydrogen-bond acceptors (Lipinski definition) is 3. The Morgan fingerprint density at radius 1 is 1.50 bits per heavy atom. The van der Waals surface area contributed by atoms with Gasteiger partial charge in [-0.3, -0.25) is 4.79 Å². The van der Waals surface area contributed by atoms with Crippen LogP contribution in [0.15, 0.2) is 24.3 Å². The minimum atomic E-state index is -0.110. The average molecular weight is 223 g/mol. The number of carbonyl (C=O) groups excluding carboxylic acids is 1. The second-order valence-electron chi connectivity index (χ2n) is 3.49. The second-order valence-corrected chi connectivity index (χ2v) is 3.49. The van der Waals surface area contributed by atoms with Gasteiger partial charge in [0, 0.05) is 6.54 Å². The maximum absolute atomic E-state index is 11.2. The molecule has 0 saturated heterocycles. The fourth-order valence-electron chi connectivity index (χ4n) is 1.25. The summed E-state index contributed by atoms with van der Waals surface area (Å²) in [4.78, 5) is 11.2. The van der Waals surface area contributed by atoms with Gasteiger partial charge in [-0.05, 0) is 24.6 Å². The predicted octanol–water partition coefficient (Wildman–Crippen LogP) is 0.872. The van der Waals surface area contributed by atoms with Gasteiger partial charge in [-0.15, -0.1) is 0 Å². The highest BCUT2D eigenvalue weighted by Gasteiger charge is 2.00. The number of hydrogen-bond donors (Lipinski definition) is 2. The lowest BCUT2D eigenvalue weighted by Crippen LogP contribution is -2.27. The van der Waals surface area contributed by atoms with E-state index in [9.17, 15) is 4.79 Å². The van der Waals surface area contributed by atoms with Gasteiger partial charge in [-0.1, -0.05) is 12.1 Å². The second kappa shape index (κ2) is 6.85. The van der Waals surface area contributed by atoms with Crippen LogP contribution < -0.4 is 10.1 Å². The third-order valence-corrected chi connectivity index (χ3v) is 2.02. The molecule has 1 rings (SSSR count). The molecule has 0 atom stereocenters. The molecular formula is C12H17NO3. The molecule has 0 aliphatic rings. The predicted molar refractivity (Wildman–Crippen MR) is 61.4 cm³/mol. The van der Waals surface area contributed by atoms with Gasteiger partial charge in [0.1, 0.15) is 5.75 Å². The van der Waals surface area contributed by atoms with Gasteiger partial charge in [0.2, 0.25) is 5.91 Å². The number of ether oxygens (including phenoxy) is 1. The Morgan fingerprint density at radius 2 is 2.31 bits per heavy atom. The van der Waals surface area contributed by atoms with E-state index in [1.807, 2.05) is 31.2 Å². The van der Waals surface area contributed by atoms with Crippen LogP contribution in [0.2, 0.25) is 0 Å². The molecule has 1 amide bonds. The van der Waals surface area contributed by atoms with Crippen LogP contribution in [0.25, 0.3) is 0 Å². The van der Waals surface area contributed by atoms with Crippen LogP contribution in [-0.4, -0.2) is 30.8 Å². The Morgan fingerprint density at radius 3 is 3.00 bits per heavy atom. The Bertz CT molecular complexity index is 339. The highest BCUT2D eigenvalue weighted by atomic mass is 16.5. The number of benzene rings is 1. The Hall–Kier alpha value is -1.55. The molecule has 0 bridgehead atoms. The van der Waals surface area contributed by atoms with Crippen molar-refractivity contribution in [1.29, 1.82) is 0 Å². The van der Waals surface area contributed by atoms with Crippen LogP contribution in [0.1, 0.15) is 12.0 Å². The maximum atomic E-state index is 11.2. The maximum Gasteiger partial charge on any atom is 0.223 e. The number of nitrogens with one attached hydrogen (secondary N) is 1. The van der Waals surface area contributed by atoms with Gasteiger partial charge < -0.3 is 15.2 Å². The van der Waals surface area contributed by atoms with Gasteiger partial charge in [0.05, 0.1) is 19.6 Å². The molecule has 0 aromatic heterocycles. The van der Waals surface area contributed by atoms with Crippen molar-refractivity contribution in [2.45, 2.75) is 13.3 Å². The molecular weight excluding hydrogens is 206 g/mol. The van der Waals surface area contributed by atoms with Crippen LogP contribution in [0, 0.1) is 6.92 Å². The highest BCUT2D eigenvalue weighted by Crippen LogP contribution is 2.12. The number of carbonyl (C=O) groups is 1. The lowest BCUT2D eigenvalue weighted by atomic mass is 10.2. The molecule has 4 heteroatoms. The first-order valence-electron chi connectivity index (χ1n) is 5.29. The number of amides is 1. The lowest BCUT2D eigenvalue weighted by Gasteiger charge is -2.06. The molecule has 1 aromatic carbocycles. The zero-order valence-electron chi connectivity index (χ0n) is 9.40. The molecule has 0 fully saturated rings.